The lowest BCUT2D eigenvalue weighted by Crippen LogP contribution is -2.67. The smallest absolute Gasteiger partial charge is 0.422 e. The summed E-state index contributed by atoms with van der Waals surface area (Å²) in [7, 11) is 0.642. The monoisotopic (exact) mass is 273 g/mol. The van der Waals surface area contributed by atoms with E-state index in [-0.39, 0.29) is 4.31 Å². The molecule has 1 saturated heterocycles. The Morgan fingerprint density at radius 1 is 1.38 bits per heavy atom. The maximum atomic E-state index is 11.0. The number of hydrogen-bond acceptors (Lipinski definition) is 5. The van der Waals surface area contributed by atoms with E-state index in [1.807, 2.05) is 0 Å². The van der Waals surface area contributed by atoms with Gasteiger partial charge < -0.3 is 5.11 Å². The van der Waals surface area contributed by atoms with Gasteiger partial charge in [0, 0.05) is 10.7 Å². The van der Waals surface area contributed by atoms with Gasteiger partial charge in [0.2, 0.25) is 0 Å². The molecule has 0 aromatic heterocycles. The molecule has 0 radical (unpaired) electrons. The Labute approximate surface area is 97.4 Å². The molecule has 1 heterocycles. The van der Waals surface area contributed by atoms with Crippen LogP contribution in [-0.4, -0.2) is 41.7 Å². The molecule has 1 fully saturated rings. The molecule has 1 aliphatic rings. The highest BCUT2D eigenvalue weighted by molar-refractivity contribution is 8.12. The van der Waals surface area contributed by atoms with E-state index in [1.54, 1.807) is 13.8 Å². The second-order valence-electron chi connectivity index (χ2n) is 4.14. The van der Waals surface area contributed by atoms with Gasteiger partial charge in [-0.05, 0) is 20.8 Å². The van der Waals surface area contributed by atoms with E-state index in [4.69, 9.17) is 25.6 Å². The van der Waals surface area contributed by atoms with Crippen LogP contribution in [0.15, 0.2) is 0 Å². The molecule has 1 atom stereocenters. The van der Waals surface area contributed by atoms with E-state index in [0.717, 1.165) is 0 Å². The van der Waals surface area contributed by atoms with Crippen LogP contribution >= 0.6 is 10.7 Å². The molecule has 0 saturated carbocycles. The van der Waals surface area contributed by atoms with E-state index in [0.29, 0.717) is 0 Å². The number of hydrogen-bond donors (Lipinski definition) is 1. The average Bonchev–Trinajstić information content (AvgIpc) is 2.09. The van der Waals surface area contributed by atoms with Gasteiger partial charge in [-0.3, -0.25) is 0 Å². The molecule has 0 aromatic carbocycles. The summed E-state index contributed by atoms with van der Waals surface area (Å²) < 4.78 is 22.1. The van der Waals surface area contributed by atoms with Crippen molar-refractivity contribution in [3.8, 4) is 0 Å². The zero-order chi connectivity index (χ0) is 12.8. The van der Waals surface area contributed by atoms with Crippen LogP contribution in [0, 0.1) is 0 Å². The molecule has 94 valence electrons. The van der Waals surface area contributed by atoms with E-state index in [1.165, 1.54) is 6.92 Å². The van der Waals surface area contributed by atoms with Crippen molar-refractivity contribution < 1.29 is 28.1 Å². The summed E-state index contributed by atoms with van der Waals surface area (Å²) in [4.78, 5) is 20.3. The lowest BCUT2D eigenvalue weighted by atomic mass is 9.86. The first-order valence-electron chi connectivity index (χ1n) is 4.32. The van der Waals surface area contributed by atoms with Crippen molar-refractivity contribution >= 4 is 26.0 Å². The summed E-state index contributed by atoms with van der Waals surface area (Å²) >= 11 is 0. The third kappa shape index (κ3) is 2.24. The minimum Gasteiger partial charge on any atom is -0.464 e. The predicted octanol–water partition coefficient (Wildman–Crippen LogP) is 0.949. The molecule has 16 heavy (non-hydrogen) atoms. The molecule has 0 spiro atoms. The minimum absolute atomic E-state index is 0.110. The Bertz CT molecular complexity index is 407. The Morgan fingerprint density at radius 2 is 1.88 bits per heavy atom. The molecular formula is C7H12ClNO6S. The summed E-state index contributed by atoms with van der Waals surface area (Å²) in [6, 6.07) is 0. The third-order valence-electron chi connectivity index (χ3n) is 2.63. The van der Waals surface area contributed by atoms with Gasteiger partial charge in [0.15, 0.2) is 5.60 Å². The minimum atomic E-state index is -4.35. The quantitative estimate of drug-likeness (QED) is 0.608. The molecule has 1 N–H and O–H groups in total. The van der Waals surface area contributed by atoms with Crippen molar-refractivity contribution in [3.63, 3.8) is 0 Å². The standard InChI is InChI=1S/C7H12ClNO6S/c1-6(2)7(3,15-14-6)4-9(5(10)11)16(8,12)13/h4H2,1-3H3,(H,10,11). The second-order valence-corrected chi connectivity index (χ2v) is 6.57. The maximum absolute atomic E-state index is 11.0. The Kier molecular flexibility index (Phi) is 3.14. The Hall–Kier alpha value is -0.570. The summed E-state index contributed by atoms with van der Waals surface area (Å²) in [5, 5.41) is 8.73. The maximum Gasteiger partial charge on any atom is 0.422 e. The van der Waals surface area contributed by atoms with E-state index in [9.17, 15) is 13.2 Å². The number of carboxylic acid groups (broad SMARTS) is 1. The fourth-order valence-corrected chi connectivity index (χ4v) is 1.99. The van der Waals surface area contributed by atoms with Crippen LogP contribution in [-0.2, 0) is 19.0 Å². The van der Waals surface area contributed by atoms with Crippen LogP contribution in [0.3, 0.4) is 0 Å². The topological polar surface area (TPSA) is 93.1 Å². The van der Waals surface area contributed by atoms with Crippen molar-refractivity contribution in [1.29, 1.82) is 0 Å². The van der Waals surface area contributed by atoms with Crippen LogP contribution in [0.5, 0.6) is 0 Å². The van der Waals surface area contributed by atoms with Gasteiger partial charge in [-0.1, -0.05) is 0 Å². The normalized spacial score (nSPS) is 28.2. The van der Waals surface area contributed by atoms with Gasteiger partial charge in [0.05, 0.1) is 6.54 Å². The number of carbonyl (C=O) groups is 1. The first kappa shape index (κ1) is 13.5. The Balaban J connectivity index is 2.91. The van der Waals surface area contributed by atoms with E-state index >= 15 is 0 Å². The summed E-state index contributed by atoms with van der Waals surface area (Å²) in [6.45, 7) is 4.41. The fraction of sp³-hybridized carbons (Fsp3) is 0.857. The molecule has 1 amide bonds. The molecule has 0 bridgehead atoms. The highest BCUT2D eigenvalue weighted by Gasteiger charge is 2.57. The third-order valence-corrected chi connectivity index (χ3v) is 3.94. The molecular weight excluding hydrogens is 262 g/mol. The SMILES string of the molecule is CC1(C)OOC1(C)CN(C(=O)O)S(=O)(=O)Cl. The molecule has 1 rings (SSSR count). The second kappa shape index (κ2) is 3.73. The van der Waals surface area contributed by atoms with Gasteiger partial charge in [-0.2, -0.15) is 12.7 Å². The van der Waals surface area contributed by atoms with Crippen molar-refractivity contribution in [2.45, 2.75) is 32.0 Å². The van der Waals surface area contributed by atoms with Crippen LogP contribution in [0.2, 0.25) is 0 Å². The van der Waals surface area contributed by atoms with Crippen LogP contribution in [0.1, 0.15) is 20.8 Å². The predicted molar refractivity (Wildman–Crippen MR) is 54.2 cm³/mol. The molecule has 0 aromatic rings. The number of halogens is 1. The molecule has 1 unspecified atom stereocenters. The molecule has 0 aliphatic carbocycles. The summed E-state index contributed by atoms with van der Waals surface area (Å²) in [5.41, 5.74) is -1.85. The number of amides is 1. The van der Waals surface area contributed by atoms with Crippen LogP contribution in [0.25, 0.3) is 0 Å². The van der Waals surface area contributed by atoms with E-state index < -0.39 is 33.1 Å². The fourth-order valence-electron chi connectivity index (χ4n) is 1.08. The average molecular weight is 274 g/mol. The zero-order valence-corrected chi connectivity index (χ0v) is 10.5. The number of nitrogens with zero attached hydrogens (tertiary/aromatic N) is 1. The largest absolute Gasteiger partial charge is 0.464 e. The number of rotatable bonds is 3. The first-order chi connectivity index (χ1) is 7.00. The zero-order valence-electron chi connectivity index (χ0n) is 8.93. The summed E-state index contributed by atoms with van der Waals surface area (Å²) in [5.74, 6) is 0. The molecule has 7 nitrogen and oxygen atoms in total. The highest BCUT2D eigenvalue weighted by atomic mass is 35.7. The highest BCUT2D eigenvalue weighted by Crippen LogP contribution is 2.41. The lowest BCUT2D eigenvalue weighted by molar-refractivity contribution is -0.539. The first-order valence-corrected chi connectivity index (χ1v) is 6.58. The van der Waals surface area contributed by atoms with Crippen molar-refractivity contribution in [3.05, 3.63) is 0 Å². The Morgan fingerprint density at radius 3 is 2.06 bits per heavy atom. The van der Waals surface area contributed by atoms with Crippen molar-refractivity contribution in [2.75, 3.05) is 6.54 Å². The lowest BCUT2D eigenvalue weighted by Gasteiger charge is -2.51. The van der Waals surface area contributed by atoms with E-state index in [2.05, 4.69) is 0 Å². The van der Waals surface area contributed by atoms with Gasteiger partial charge in [0.1, 0.15) is 5.60 Å². The molecule has 1 aliphatic heterocycles. The van der Waals surface area contributed by atoms with Crippen molar-refractivity contribution in [2.24, 2.45) is 0 Å². The van der Waals surface area contributed by atoms with Crippen LogP contribution in [0.4, 0.5) is 4.79 Å². The summed E-state index contributed by atoms with van der Waals surface area (Å²) in [6.07, 6.45) is -1.66. The van der Waals surface area contributed by atoms with Crippen LogP contribution < -0.4 is 0 Å². The van der Waals surface area contributed by atoms with Gasteiger partial charge in [0.25, 0.3) is 0 Å². The van der Waals surface area contributed by atoms with Gasteiger partial charge in [-0.25, -0.2) is 14.6 Å². The van der Waals surface area contributed by atoms with Gasteiger partial charge >= 0.3 is 15.3 Å². The van der Waals surface area contributed by atoms with Gasteiger partial charge in [-0.15, -0.1) is 0 Å². The van der Waals surface area contributed by atoms with Crippen molar-refractivity contribution in [1.82, 2.24) is 4.31 Å². The molecule has 9 heteroatoms.